The minimum absolute atomic E-state index is 0. The van der Waals surface area contributed by atoms with Crippen LogP contribution < -0.4 is 18.9 Å². The molecule has 0 atom stereocenters. The summed E-state index contributed by atoms with van der Waals surface area (Å²) in [5.74, 6) is 0. The van der Waals surface area contributed by atoms with Crippen LogP contribution in [0.25, 0.3) is 5.40 Å². The predicted molar refractivity (Wildman–Crippen MR) is 55.4 cm³/mol. The summed E-state index contributed by atoms with van der Waals surface area (Å²) in [5, 5.41) is 7.79. The van der Waals surface area contributed by atoms with Crippen molar-refractivity contribution in [2.24, 2.45) is 0 Å². The van der Waals surface area contributed by atoms with Crippen molar-refractivity contribution in [2.75, 3.05) is 0 Å². The summed E-state index contributed by atoms with van der Waals surface area (Å²) in [6.45, 7) is 0. The Kier molecular flexibility index (Phi) is 6.73. The number of hydrogen-bond acceptors (Lipinski definition) is 0. The maximum absolute atomic E-state index is 7.79. The van der Waals surface area contributed by atoms with Gasteiger partial charge in [0.15, 0.2) is 0 Å². The molecule has 7 radical (unpaired) electrons. The normalized spacial score (nSPS) is 23.0. The van der Waals surface area contributed by atoms with Crippen molar-refractivity contribution in [2.45, 2.75) is 37.8 Å². The summed E-state index contributed by atoms with van der Waals surface area (Å²) in [6.07, 6.45) is 5.49. The molecule has 6 heteroatoms. The third-order valence-corrected chi connectivity index (χ3v) is 20.5. The molecule has 0 saturated carbocycles. The van der Waals surface area contributed by atoms with Gasteiger partial charge in [-0.3, -0.25) is 0 Å². The van der Waals surface area contributed by atoms with E-state index < -0.39 is 15.1 Å². The number of rotatable bonds is 1. The van der Waals surface area contributed by atoms with E-state index in [1.54, 1.807) is 0 Å². The van der Waals surface area contributed by atoms with Gasteiger partial charge in [-0.05, 0) is 9.76 Å². The first-order valence-electron chi connectivity index (χ1n) is 4.21. The SMILES string of the molecule is [Li+].[NH-][Si]([Si])[Si]1([Si])CCCCCC1. The van der Waals surface area contributed by atoms with Crippen LogP contribution in [0.3, 0.4) is 0 Å². The summed E-state index contributed by atoms with van der Waals surface area (Å²) in [7, 11) is 5.24. The Morgan fingerprint density at radius 3 is 1.83 bits per heavy atom. The largest absolute Gasteiger partial charge is 1.00 e. The van der Waals surface area contributed by atoms with Crippen LogP contribution in [0.1, 0.15) is 25.7 Å². The molecular formula is C6H13LiNSi4. The van der Waals surface area contributed by atoms with Gasteiger partial charge in [-0.1, -0.05) is 37.8 Å². The molecule has 1 rings (SSSR count). The average molecular weight is 218 g/mol. The molecule has 0 unspecified atom stereocenters. The Morgan fingerprint density at radius 1 is 1.08 bits per heavy atom. The van der Waals surface area contributed by atoms with Gasteiger partial charge >= 0.3 is 18.9 Å². The van der Waals surface area contributed by atoms with Crippen LogP contribution in [-0.4, -0.2) is 34.6 Å². The Labute approximate surface area is 96.3 Å². The van der Waals surface area contributed by atoms with E-state index in [1.165, 1.54) is 37.8 Å². The van der Waals surface area contributed by atoms with Gasteiger partial charge in [-0.25, -0.2) is 0 Å². The minimum Gasteiger partial charge on any atom is -0.687 e. The van der Waals surface area contributed by atoms with Gasteiger partial charge in [0.25, 0.3) is 0 Å². The Bertz CT molecular complexity index is 125. The number of nitrogens with one attached hydrogen (secondary N) is 1. The van der Waals surface area contributed by atoms with E-state index in [-0.39, 0.29) is 18.9 Å². The van der Waals surface area contributed by atoms with Crippen molar-refractivity contribution >= 4 is 34.6 Å². The molecule has 1 fully saturated rings. The van der Waals surface area contributed by atoms with Crippen molar-refractivity contribution in [1.29, 1.82) is 0 Å². The molecule has 1 saturated heterocycles. The predicted octanol–water partition coefficient (Wildman–Crippen LogP) is -1.53. The third kappa shape index (κ3) is 3.66. The summed E-state index contributed by atoms with van der Waals surface area (Å²) >= 11 is 0. The first-order valence-corrected chi connectivity index (χ1v) is 12.1. The second-order valence-electron chi connectivity index (χ2n) is 3.37. The fraction of sp³-hybridized carbons (Fsp3) is 1.00. The standard InChI is InChI=1S/C6H13NSi4.Li/c7-10(8)11(9)5-3-1-2-4-6-11;/h7H,1-6H2;/q-1;+1. The summed E-state index contributed by atoms with van der Waals surface area (Å²) < 4.78 is 0. The van der Waals surface area contributed by atoms with Crippen molar-refractivity contribution in [3.8, 4) is 0 Å². The van der Waals surface area contributed by atoms with Gasteiger partial charge in [0.2, 0.25) is 0 Å². The van der Waals surface area contributed by atoms with E-state index in [1.807, 2.05) is 0 Å². The monoisotopic (exact) mass is 218 g/mol. The van der Waals surface area contributed by atoms with Crippen molar-refractivity contribution < 1.29 is 18.9 Å². The molecule has 0 aromatic heterocycles. The van der Waals surface area contributed by atoms with E-state index in [9.17, 15) is 0 Å². The van der Waals surface area contributed by atoms with E-state index in [2.05, 4.69) is 19.5 Å². The summed E-state index contributed by atoms with van der Waals surface area (Å²) in [6, 6.07) is 2.65. The van der Waals surface area contributed by atoms with Gasteiger partial charge in [0.05, 0.1) is 0 Å². The molecule has 0 aliphatic carbocycles. The molecule has 0 aromatic rings. The van der Waals surface area contributed by atoms with Crippen LogP contribution >= 0.6 is 0 Å². The molecule has 1 N–H and O–H groups in total. The van der Waals surface area contributed by atoms with Gasteiger partial charge in [-0.2, -0.15) is 0 Å². The zero-order valence-electron chi connectivity index (χ0n) is 7.74. The molecular weight excluding hydrogens is 205 g/mol. The van der Waals surface area contributed by atoms with Crippen LogP contribution in [0.5, 0.6) is 0 Å². The van der Waals surface area contributed by atoms with Crippen LogP contribution in [-0.2, 0) is 0 Å². The van der Waals surface area contributed by atoms with E-state index in [0.29, 0.717) is 0 Å². The Balaban J connectivity index is 0.00000121. The molecule has 12 heavy (non-hydrogen) atoms. The van der Waals surface area contributed by atoms with E-state index >= 15 is 0 Å². The average Bonchev–Trinajstić information content (AvgIpc) is 2.15. The zero-order valence-corrected chi connectivity index (χ0v) is 11.7. The maximum Gasteiger partial charge on any atom is 1.00 e. The molecule has 1 nitrogen and oxygen atoms in total. The second kappa shape index (κ2) is 6.01. The summed E-state index contributed by atoms with van der Waals surface area (Å²) in [4.78, 5) is 0. The summed E-state index contributed by atoms with van der Waals surface area (Å²) in [5.41, 5.74) is 0. The van der Waals surface area contributed by atoms with Crippen LogP contribution in [0.4, 0.5) is 0 Å². The minimum atomic E-state index is -1.28. The van der Waals surface area contributed by atoms with Crippen LogP contribution in [0, 0.1) is 0 Å². The fourth-order valence-corrected chi connectivity index (χ4v) is 9.91. The molecule has 0 bridgehead atoms. The van der Waals surface area contributed by atoms with Crippen LogP contribution in [0.15, 0.2) is 0 Å². The number of hydrogen-bond donors (Lipinski definition) is 0. The molecule has 1 aliphatic heterocycles. The fourth-order valence-electron chi connectivity index (χ4n) is 1.58. The Hall–Kier alpha value is 1.42. The first-order chi connectivity index (χ1) is 5.15. The topological polar surface area (TPSA) is 23.8 Å². The van der Waals surface area contributed by atoms with Crippen molar-refractivity contribution in [1.82, 2.24) is 0 Å². The van der Waals surface area contributed by atoms with Crippen LogP contribution in [0.2, 0.25) is 12.1 Å². The van der Waals surface area contributed by atoms with Gasteiger partial charge < -0.3 is 5.40 Å². The Morgan fingerprint density at radius 2 is 1.50 bits per heavy atom. The third-order valence-electron chi connectivity index (χ3n) is 2.44. The molecule has 0 aromatic carbocycles. The molecule has 0 amide bonds. The maximum atomic E-state index is 7.79. The molecule has 59 valence electrons. The smallest absolute Gasteiger partial charge is 0.687 e. The van der Waals surface area contributed by atoms with Gasteiger partial charge in [0.1, 0.15) is 0 Å². The van der Waals surface area contributed by atoms with Gasteiger partial charge in [-0.15, -0.1) is 7.99 Å². The molecule has 0 spiro atoms. The van der Waals surface area contributed by atoms with Gasteiger partial charge in [0, 0.05) is 16.9 Å². The van der Waals surface area contributed by atoms with Crippen molar-refractivity contribution in [3.05, 3.63) is 5.40 Å². The first kappa shape index (κ1) is 13.4. The molecule has 1 aliphatic rings. The van der Waals surface area contributed by atoms with Crippen molar-refractivity contribution in [3.63, 3.8) is 0 Å². The van der Waals surface area contributed by atoms with E-state index in [0.717, 1.165) is 0 Å². The zero-order chi connectivity index (χ0) is 8.32. The second-order valence-corrected chi connectivity index (χ2v) is 19.0. The van der Waals surface area contributed by atoms with E-state index in [4.69, 9.17) is 5.40 Å². The molecule has 1 heterocycles. The quantitative estimate of drug-likeness (QED) is 0.477.